The molecular weight excluding hydrogens is 342 g/mol. The molecule has 0 aliphatic heterocycles. The fourth-order valence-electron chi connectivity index (χ4n) is 1.70. The molecule has 0 radical (unpaired) electrons. The van der Waals surface area contributed by atoms with Crippen molar-refractivity contribution in [3.05, 3.63) is 29.8 Å². The number of likely N-dealkylation sites (N-methyl/N-ethyl adjacent to an activating group) is 1. The van der Waals surface area contributed by atoms with Gasteiger partial charge in [-0.3, -0.25) is 19.2 Å². The van der Waals surface area contributed by atoms with E-state index in [0.29, 0.717) is 17.9 Å². The molecule has 0 bridgehead atoms. The molecule has 2 N–H and O–H groups in total. The summed E-state index contributed by atoms with van der Waals surface area (Å²) in [4.78, 5) is 47.6. The summed E-state index contributed by atoms with van der Waals surface area (Å²) in [6.07, 6.45) is 0. The topological polar surface area (TPSA) is 114 Å². The summed E-state index contributed by atoms with van der Waals surface area (Å²) >= 11 is 0. The van der Waals surface area contributed by atoms with Gasteiger partial charge in [0.2, 0.25) is 5.91 Å². The summed E-state index contributed by atoms with van der Waals surface area (Å²) in [5.41, 5.74) is 0.362. The normalized spacial score (nSPS) is 9.81. The number of benzene rings is 1. The van der Waals surface area contributed by atoms with Gasteiger partial charge in [-0.2, -0.15) is 0 Å². The fourth-order valence-corrected chi connectivity index (χ4v) is 1.70. The summed E-state index contributed by atoms with van der Waals surface area (Å²) in [6.45, 7) is 1.28. The Balaban J connectivity index is 2.29. The van der Waals surface area contributed by atoms with E-state index >= 15 is 0 Å². The summed E-state index contributed by atoms with van der Waals surface area (Å²) in [6, 6.07) is 6.44. The van der Waals surface area contributed by atoms with Gasteiger partial charge in [0.15, 0.2) is 6.61 Å². The largest absolute Gasteiger partial charge is 0.494 e. The molecule has 1 aromatic carbocycles. The van der Waals surface area contributed by atoms with Gasteiger partial charge in [-0.25, -0.2) is 0 Å². The van der Waals surface area contributed by atoms with E-state index in [0.717, 1.165) is 0 Å². The van der Waals surface area contributed by atoms with Gasteiger partial charge >= 0.3 is 5.97 Å². The van der Waals surface area contributed by atoms with Crippen LogP contribution in [0.15, 0.2) is 24.3 Å². The number of nitrogens with one attached hydrogen (secondary N) is 2. The smallest absolute Gasteiger partial charge is 0.325 e. The van der Waals surface area contributed by atoms with Gasteiger partial charge in [0.1, 0.15) is 12.3 Å². The van der Waals surface area contributed by atoms with Crippen LogP contribution in [0.4, 0.5) is 0 Å². The molecule has 0 saturated heterocycles. The number of carbonyl (C=O) groups excluding carboxylic acids is 4. The molecule has 0 spiro atoms. The van der Waals surface area contributed by atoms with Crippen molar-refractivity contribution >= 4 is 23.7 Å². The van der Waals surface area contributed by atoms with Gasteiger partial charge in [-0.15, -0.1) is 0 Å². The number of hydrogen-bond acceptors (Lipinski definition) is 6. The first kappa shape index (κ1) is 20.9. The van der Waals surface area contributed by atoms with Crippen LogP contribution in [-0.2, 0) is 19.1 Å². The molecule has 0 aliphatic rings. The van der Waals surface area contributed by atoms with Crippen molar-refractivity contribution in [2.24, 2.45) is 0 Å². The van der Waals surface area contributed by atoms with Gasteiger partial charge in [0, 0.05) is 19.7 Å². The maximum Gasteiger partial charge on any atom is 0.325 e. The Morgan fingerprint density at radius 1 is 1.00 bits per heavy atom. The lowest BCUT2D eigenvalue weighted by Crippen LogP contribution is -2.39. The lowest BCUT2D eigenvalue weighted by Gasteiger charge is -2.11. The molecule has 0 unspecified atom stereocenters. The van der Waals surface area contributed by atoms with E-state index in [1.165, 1.54) is 4.90 Å². The lowest BCUT2D eigenvalue weighted by atomic mass is 10.2. The first-order chi connectivity index (χ1) is 12.3. The molecule has 142 valence electrons. The van der Waals surface area contributed by atoms with E-state index in [2.05, 4.69) is 10.6 Å². The third-order valence-electron chi connectivity index (χ3n) is 3.12. The Morgan fingerprint density at radius 3 is 2.23 bits per heavy atom. The van der Waals surface area contributed by atoms with Crippen LogP contribution < -0.4 is 15.4 Å². The SMILES string of the molecule is CCOc1ccc(C(=O)NCC(=O)OCC(=O)NCC(=O)N(C)C)cc1. The van der Waals surface area contributed by atoms with Gasteiger partial charge < -0.3 is 25.0 Å². The average Bonchev–Trinajstić information content (AvgIpc) is 2.63. The van der Waals surface area contributed by atoms with Crippen molar-refractivity contribution < 1.29 is 28.7 Å². The van der Waals surface area contributed by atoms with Crippen molar-refractivity contribution in [1.82, 2.24) is 15.5 Å². The third-order valence-corrected chi connectivity index (χ3v) is 3.12. The number of hydrogen-bond donors (Lipinski definition) is 2. The first-order valence-electron chi connectivity index (χ1n) is 7.97. The van der Waals surface area contributed by atoms with E-state index in [1.54, 1.807) is 38.4 Å². The molecule has 9 heteroatoms. The highest BCUT2D eigenvalue weighted by molar-refractivity contribution is 5.96. The second kappa shape index (κ2) is 10.7. The van der Waals surface area contributed by atoms with E-state index in [9.17, 15) is 19.2 Å². The van der Waals surface area contributed by atoms with Crippen molar-refractivity contribution in [2.75, 3.05) is 40.4 Å². The van der Waals surface area contributed by atoms with Crippen LogP contribution in [0.3, 0.4) is 0 Å². The summed E-state index contributed by atoms with van der Waals surface area (Å²) in [5, 5.41) is 4.71. The number of rotatable bonds is 9. The van der Waals surface area contributed by atoms with E-state index in [-0.39, 0.29) is 19.0 Å². The second-order valence-corrected chi connectivity index (χ2v) is 5.37. The van der Waals surface area contributed by atoms with Crippen LogP contribution in [0.1, 0.15) is 17.3 Å². The van der Waals surface area contributed by atoms with E-state index in [4.69, 9.17) is 9.47 Å². The molecule has 0 atom stereocenters. The van der Waals surface area contributed by atoms with Crippen LogP contribution in [0, 0.1) is 0 Å². The zero-order chi connectivity index (χ0) is 19.5. The number of amides is 3. The molecule has 0 heterocycles. The minimum Gasteiger partial charge on any atom is -0.494 e. The number of ether oxygens (including phenoxy) is 2. The van der Waals surface area contributed by atoms with Gasteiger partial charge in [-0.1, -0.05) is 0 Å². The Bertz CT molecular complexity index is 642. The van der Waals surface area contributed by atoms with Crippen molar-refractivity contribution in [1.29, 1.82) is 0 Å². The molecule has 26 heavy (non-hydrogen) atoms. The molecule has 0 aromatic heterocycles. The predicted octanol–water partition coefficient (Wildman–Crippen LogP) is -0.437. The maximum absolute atomic E-state index is 11.9. The molecule has 1 rings (SSSR count). The molecule has 3 amide bonds. The average molecular weight is 365 g/mol. The van der Waals surface area contributed by atoms with Crippen LogP contribution >= 0.6 is 0 Å². The van der Waals surface area contributed by atoms with Crippen LogP contribution in [0.5, 0.6) is 5.75 Å². The lowest BCUT2D eigenvalue weighted by molar-refractivity contribution is -0.147. The standard InChI is InChI=1S/C17H23N3O6/c1-4-25-13-7-5-12(6-8-13)17(24)19-10-16(23)26-11-14(21)18-9-15(22)20(2)3/h5-8H,4,9-11H2,1-3H3,(H,18,21)(H,19,24). The zero-order valence-electron chi connectivity index (χ0n) is 15.0. The number of esters is 1. The summed E-state index contributed by atoms with van der Waals surface area (Å²) < 4.78 is 10.00. The van der Waals surface area contributed by atoms with E-state index in [1.807, 2.05) is 6.92 Å². The monoisotopic (exact) mass is 365 g/mol. The Labute approximate surface area is 151 Å². The fraction of sp³-hybridized carbons (Fsp3) is 0.412. The number of carbonyl (C=O) groups is 4. The molecular formula is C17H23N3O6. The van der Waals surface area contributed by atoms with Gasteiger partial charge in [-0.05, 0) is 31.2 Å². The highest BCUT2D eigenvalue weighted by Crippen LogP contribution is 2.11. The van der Waals surface area contributed by atoms with Crippen molar-refractivity contribution in [2.45, 2.75) is 6.92 Å². The molecule has 0 saturated carbocycles. The molecule has 1 aromatic rings. The minimum absolute atomic E-state index is 0.183. The highest BCUT2D eigenvalue weighted by atomic mass is 16.5. The minimum atomic E-state index is -0.765. The molecule has 0 aliphatic carbocycles. The Hall–Kier alpha value is -3.10. The predicted molar refractivity (Wildman–Crippen MR) is 92.6 cm³/mol. The van der Waals surface area contributed by atoms with Crippen LogP contribution in [0.25, 0.3) is 0 Å². The highest BCUT2D eigenvalue weighted by Gasteiger charge is 2.12. The zero-order valence-corrected chi connectivity index (χ0v) is 15.0. The van der Waals surface area contributed by atoms with Crippen LogP contribution in [0.2, 0.25) is 0 Å². The summed E-state index contributed by atoms with van der Waals surface area (Å²) in [5.74, 6) is -1.47. The van der Waals surface area contributed by atoms with Gasteiger partial charge in [0.05, 0.1) is 13.2 Å². The Kier molecular flexibility index (Phi) is 8.62. The van der Waals surface area contributed by atoms with Crippen LogP contribution in [-0.4, -0.2) is 69.0 Å². The summed E-state index contributed by atoms with van der Waals surface area (Å²) in [7, 11) is 3.11. The molecule has 0 fully saturated rings. The van der Waals surface area contributed by atoms with Crippen molar-refractivity contribution in [3.8, 4) is 5.75 Å². The quantitative estimate of drug-likeness (QED) is 0.574. The molecule has 9 nitrogen and oxygen atoms in total. The number of nitrogens with zero attached hydrogens (tertiary/aromatic N) is 1. The maximum atomic E-state index is 11.9. The van der Waals surface area contributed by atoms with Gasteiger partial charge in [0.25, 0.3) is 11.8 Å². The Morgan fingerprint density at radius 2 is 1.65 bits per heavy atom. The second-order valence-electron chi connectivity index (χ2n) is 5.37. The first-order valence-corrected chi connectivity index (χ1v) is 7.97. The third kappa shape index (κ3) is 7.65. The van der Waals surface area contributed by atoms with Crippen molar-refractivity contribution in [3.63, 3.8) is 0 Å². The van der Waals surface area contributed by atoms with E-state index < -0.39 is 24.4 Å².